The maximum absolute atomic E-state index is 12.6. The molecule has 5 nitrogen and oxygen atoms in total. The summed E-state index contributed by atoms with van der Waals surface area (Å²) in [5, 5.41) is 6.64. The van der Waals surface area contributed by atoms with E-state index in [1.807, 2.05) is 0 Å². The minimum atomic E-state index is -4.60. The lowest BCUT2D eigenvalue weighted by atomic mass is 10.2. The van der Waals surface area contributed by atoms with Crippen LogP contribution in [0.2, 0.25) is 5.02 Å². The van der Waals surface area contributed by atoms with Crippen LogP contribution in [0.15, 0.2) is 18.2 Å². The van der Waals surface area contributed by atoms with Crippen LogP contribution in [0.4, 0.5) is 23.7 Å². The number of hydrogen-bond donors (Lipinski definition) is 3. The van der Waals surface area contributed by atoms with Crippen LogP contribution in [0.5, 0.6) is 0 Å². The number of carbonyl (C=O) groups is 2. The molecule has 0 bridgehead atoms. The van der Waals surface area contributed by atoms with Gasteiger partial charge in [0.25, 0.3) is 0 Å². The van der Waals surface area contributed by atoms with Gasteiger partial charge in [-0.3, -0.25) is 4.79 Å². The van der Waals surface area contributed by atoms with E-state index in [0.29, 0.717) is 0 Å². The average Bonchev–Trinajstić information content (AvgIpc) is 2.35. The molecule has 0 aliphatic heterocycles. The van der Waals surface area contributed by atoms with Gasteiger partial charge in [0.2, 0.25) is 5.91 Å². The molecule has 116 valence electrons. The van der Waals surface area contributed by atoms with Crippen molar-refractivity contribution in [3.8, 4) is 0 Å². The molecule has 0 saturated carbocycles. The van der Waals surface area contributed by atoms with Gasteiger partial charge in [-0.2, -0.15) is 13.2 Å². The monoisotopic (exact) mass is 323 g/mol. The lowest BCUT2D eigenvalue weighted by molar-refractivity contribution is -0.137. The van der Waals surface area contributed by atoms with Crippen LogP contribution in [0.3, 0.4) is 0 Å². The number of anilines is 1. The Labute approximate surface area is 123 Å². The number of urea groups is 1. The first-order valence-corrected chi connectivity index (χ1v) is 6.24. The van der Waals surface area contributed by atoms with Crippen molar-refractivity contribution < 1.29 is 22.8 Å². The van der Waals surface area contributed by atoms with Gasteiger partial charge in [0.15, 0.2) is 0 Å². The SMILES string of the molecule is CC(=O)NCCNC(=O)Nc1ccc(Cl)c(C(F)(F)F)c1. The van der Waals surface area contributed by atoms with Crippen molar-refractivity contribution in [3.05, 3.63) is 28.8 Å². The quantitative estimate of drug-likeness (QED) is 0.745. The number of halogens is 4. The third kappa shape index (κ3) is 5.90. The van der Waals surface area contributed by atoms with E-state index >= 15 is 0 Å². The zero-order valence-corrected chi connectivity index (χ0v) is 11.7. The third-order valence-electron chi connectivity index (χ3n) is 2.31. The maximum atomic E-state index is 12.6. The number of hydrogen-bond acceptors (Lipinski definition) is 2. The molecular formula is C12H13ClF3N3O2. The van der Waals surface area contributed by atoms with E-state index in [2.05, 4.69) is 16.0 Å². The summed E-state index contributed by atoms with van der Waals surface area (Å²) >= 11 is 5.46. The van der Waals surface area contributed by atoms with E-state index in [0.717, 1.165) is 12.1 Å². The number of rotatable bonds is 4. The Morgan fingerprint density at radius 1 is 1.19 bits per heavy atom. The van der Waals surface area contributed by atoms with Crippen LogP contribution in [0.25, 0.3) is 0 Å². The zero-order chi connectivity index (χ0) is 16.0. The predicted molar refractivity (Wildman–Crippen MR) is 72.2 cm³/mol. The lowest BCUT2D eigenvalue weighted by Crippen LogP contribution is -2.36. The van der Waals surface area contributed by atoms with Gasteiger partial charge in [-0.1, -0.05) is 11.6 Å². The van der Waals surface area contributed by atoms with E-state index in [9.17, 15) is 22.8 Å². The molecule has 0 fully saturated rings. The number of amides is 3. The van der Waals surface area contributed by atoms with Crippen LogP contribution >= 0.6 is 11.6 Å². The number of nitrogens with one attached hydrogen (secondary N) is 3. The summed E-state index contributed by atoms with van der Waals surface area (Å²) in [4.78, 5) is 22.0. The standard InChI is InChI=1S/C12H13ClF3N3O2/c1-7(20)17-4-5-18-11(21)19-8-2-3-10(13)9(6-8)12(14,15)16/h2-3,6H,4-5H2,1H3,(H,17,20)(H2,18,19,21). The van der Waals surface area contributed by atoms with Gasteiger partial charge in [0, 0.05) is 25.7 Å². The number of carbonyl (C=O) groups excluding carboxylic acids is 2. The highest BCUT2D eigenvalue weighted by molar-refractivity contribution is 6.31. The molecule has 3 amide bonds. The van der Waals surface area contributed by atoms with Crippen LogP contribution < -0.4 is 16.0 Å². The van der Waals surface area contributed by atoms with E-state index in [1.54, 1.807) is 0 Å². The van der Waals surface area contributed by atoms with Crippen molar-refractivity contribution >= 4 is 29.2 Å². The van der Waals surface area contributed by atoms with Gasteiger partial charge in [-0.05, 0) is 18.2 Å². The molecule has 3 N–H and O–H groups in total. The van der Waals surface area contributed by atoms with E-state index in [1.165, 1.54) is 13.0 Å². The minimum Gasteiger partial charge on any atom is -0.355 e. The molecule has 0 aliphatic rings. The van der Waals surface area contributed by atoms with Crippen LogP contribution in [0, 0.1) is 0 Å². The molecule has 0 spiro atoms. The van der Waals surface area contributed by atoms with Crippen molar-refractivity contribution in [2.24, 2.45) is 0 Å². The van der Waals surface area contributed by atoms with Crippen LogP contribution in [0.1, 0.15) is 12.5 Å². The largest absolute Gasteiger partial charge is 0.417 e. The number of benzene rings is 1. The van der Waals surface area contributed by atoms with Crippen LogP contribution in [-0.2, 0) is 11.0 Å². The second kappa shape index (κ2) is 7.16. The molecule has 9 heteroatoms. The van der Waals surface area contributed by atoms with E-state index in [-0.39, 0.29) is 24.7 Å². The molecule has 1 rings (SSSR count). The van der Waals surface area contributed by atoms with Gasteiger partial charge < -0.3 is 16.0 Å². The summed E-state index contributed by atoms with van der Waals surface area (Å²) in [5.74, 6) is -0.246. The first kappa shape index (κ1) is 17.1. The Hall–Kier alpha value is -1.96. The topological polar surface area (TPSA) is 70.2 Å². The summed E-state index contributed by atoms with van der Waals surface area (Å²) in [5.41, 5.74) is -1.07. The average molecular weight is 324 g/mol. The first-order chi connectivity index (χ1) is 9.70. The Balaban J connectivity index is 2.59. The molecular weight excluding hydrogens is 311 g/mol. The van der Waals surface area contributed by atoms with Gasteiger partial charge in [-0.15, -0.1) is 0 Å². The molecule has 0 saturated heterocycles. The fraction of sp³-hybridized carbons (Fsp3) is 0.333. The van der Waals surface area contributed by atoms with E-state index < -0.39 is 22.8 Å². The molecule has 1 aromatic rings. The zero-order valence-electron chi connectivity index (χ0n) is 11.0. The number of alkyl halides is 3. The van der Waals surface area contributed by atoms with Gasteiger partial charge in [-0.25, -0.2) is 4.79 Å². The van der Waals surface area contributed by atoms with Gasteiger partial charge in [0.1, 0.15) is 0 Å². The predicted octanol–water partition coefficient (Wildman–Crippen LogP) is 2.62. The molecule has 0 unspecified atom stereocenters. The van der Waals surface area contributed by atoms with E-state index in [4.69, 9.17) is 11.6 Å². The molecule has 0 aromatic heterocycles. The first-order valence-electron chi connectivity index (χ1n) is 5.86. The summed E-state index contributed by atoms with van der Waals surface area (Å²) in [6.07, 6.45) is -4.60. The van der Waals surface area contributed by atoms with Crippen molar-refractivity contribution in [2.45, 2.75) is 13.1 Å². The highest BCUT2D eigenvalue weighted by Gasteiger charge is 2.33. The summed E-state index contributed by atoms with van der Waals surface area (Å²) in [6, 6.07) is 2.37. The second-order valence-electron chi connectivity index (χ2n) is 4.06. The highest BCUT2D eigenvalue weighted by Crippen LogP contribution is 2.36. The van der Waals surface area contributed by atoms with Crippen molar-refractivity contribution in [1.29, 1.82) is 0 Å². The lowest BCUT2D eigenvalue weighted by Gasteiger charge is -2.12. The molecule has 0 radical (unpaired) electrons. The second-order valence-corrected chi connectivity index (χ2v) is 4.46. The molecule has 0 atom stereocenters. The van der Waals surface area contributed by atoms with Crippen molar-refractivity contribution in [2.75, 3.05) is 18.4 Å². The van der Waals surface area contributed by atoms with Crippen molar-refractivity contribution in [1.82, 2.24) is 10.6 Å². The summed E-state index contributed by atoms with van der Waals surface area (Å²) in [6.45, 7) is 1.69. The fourth-order valence-corrected chi connectivity index (χ4v) is 1.63. The van der Waals surface area contributed by atoms with Crippen molar-refractivity contribution in [3.63, 3.8) is 0 Å². The highest BCUT2D eigenvalue weighted by atomic mass is 35.5. The Bertz CT molecular complexity index is 535. The normalized spacial score (nSPS) is 10.9. The summed E-state index contributed by atoms with van der Waals surface area (Å²) in [7, 11) is 0. The maximum Gasteiger partial charge on any atom is 0.417 e. The Kier molecular flexibility index (Phi) is 5.83. The molecule has 1 aromatic carbocycles. The molecule has 21 heavy (non-hydrogen) atoms. The molecule has 0 aliphatic carbocycles. The summed E-state index contributed by atoms with van der Waals surface area (Å²) < 4.78 is 37.9. The smallest absolute Gasteiger partial charge is 0.355 e. The third-order valence-corrected chi connectivity index (χ3v) is 2.64. The van der Waals surface area contributed by atoms with Crippen LogP contribution in [-0.4, -0.2) is 25.0 Å². The Morgan fingerprint density at radius 2 is 1.81 bits per heavy atom. The fourth-order valence-electron chi connectivity index (χ4n) is 1.41. The van der Waals surface area contributed by atoms with Gasteiger partial charge >= 0.3 is 12.2 Å². The Morgan fingerprint density at radius 3 is 2.38 bits per heavy atom. The minimum absolute atomic E-state index is 0.0382. The molecule has 0 heterocycles. The van der Waals surface area contributed by atoms with Gasteiger partial charge in [0.05, 0.1) is 10.6 Å².